The molecule has 1 aliphatic heterocycles. The Bertz CT molecular complexity index is 386. The van der Waals surface area contributed by atoms with Crippen LogP contribution in [0.15, 0.2) is 24.3 Å². The summed E-state index contributed by atoms with van der Waals surface area (Å²) in [5.74, 6) is 0. The maximum Gasteiger partial charge on any atom is 0.0558 e. The minimum atomic E-state index is 0.248. The van der Waals surface area contributed by atoms with Crippen LogP contribution >= 0.6 is 0 Å². The molecule has 1 fully saturated rings. The molecule has 1 aliphatic rings. The summed E-state index contributed by atoms with van der Waals surface area (Å²) in [6.45, 7) is 6.49. The van der Waals surface area contributed by atoms with E-state index in [-0.39, 0.29) is 6.61 Å². The summed E-state index contributed by atoms with van der Waals surface area (Å²) in [6.07, 6.45) is 2.42. The number of benzene rings is 1. The largest absolute Gasteiger partial charge is 0.395 e. The molecule has 0 aliphatic carbocycles. The van der Waals surface area contributed by atoms with Crippen LogP contribution < -0.4 is 0 Å². The lowest BCUT2D eigenvalue weighted by Gasteiger charge is -2.37. The fourth-order valence-corrected chi connectivity index (χ4v) is 2.89. The standard InChI is InChI=1S/C16H26N2O/c1-14-5-3-4-6-15(14)13-18(11-12-19)16-7-9-17(2)10-8-16/h3-6,16,19H,7-13H2,1-2H3. The molecule has 1 heterocycles. The molecule has 1 aromatic rings. The first-order chi connectivity index (χ1) is 9.20. The van der Waals surface area contributed by atoms with E-state index >= 15 is 0 Å². The number of rotatable bonds is 5. The molecule has 1 saturated heterocycles. The highest BCUT2D eigenvalue weighted by molar-refractivity contribution is 5.25. The molecule has 1 aromatic carbocycles. The summed E-state index contributed by atoms with van der Waals surface area (Å²) >= 11 is 0. The molecular weight excluding hydrogens is 236 g/mol. The van der Waals surface area contributed by atoms with Crippen molar-refractivity contribution in [2.24, 2.45) is 0 Å². The maximum atomic E-state index is 9.31. The fraction of sp³-hybridized carbons (Fsp3) is 0.625. The molecule has 0 spiro atoms. The van der Waals surface area contributed by atoms with E-state index in [4.69, 9.17) is 0 Å². The number of piperidine rings is 1. The highest BCUT2D eigenvalue weighted by atomic mass is 16.3. The first-order valence-electron chi connectivity index (χ1n) is 7.28. The van der Waals surface area contributed by atoms with Gasteiger partial charge < -0.3 is 10.0 Å². The monoisotopic (exact) mass is 262 g/mol. The van der Waals surface area contributed by atoms with E-state index in [0.717, 1.165) is 13.1 Å². The number of nitrogens with zero attached hydrogens (tertiary/aromatic N) is 2. The van der Waals surface area contributed by atoms with Crippen molar-refractivity contribution >= 4 is 0 Å². The van der Waals surface area contributed by atoms with Gasteiger partial charge in [-0.2, -0.15) is 0 Å². The molecular formula is C16H26N2O. The maximum absolute atomic E-state index is 9.31. The fourth-order valence-electron chi connectivity index (χ4n) is 2.89. The summed E-state index contributed by atoms with van der Waals surface area (Å²) in [6, 6.07) is 9.18. The van der Waals surface area contributed by atoms with Crippen LogP contribution in [0.3, 0.4) is 0 Å². The van der Waals surface area contributed by atoms with E-state index in [1.165, 1.54) is 37.1 Å². The molecule has 3 nitrogen and oxygen atoms in total. The summed E-state index contributed by atoms with van der Waals surface area (Å²) in [5, 5.41) is 9.31. The Labute approximate surface area is 116 Å². The SMILES string of the molecule is Cc1ccccc1CN(CCO)C1CCN(C)CC1. The average Bonchev–Trinajstić information content (AvgIpc) is 2.42. The van der Waals surface area contributed by atoms with Crippen LogP contribution in [-0.4, -0.2) is 54.2 Å². The molecule has 19 heavy (non-hydrogen) atoms. The van der Waals surface area contributed by atoms with Gasteiger partial charge in [-0.25, -0.2) is 0 Å². The molecule has 0 bridgehead atoms. The van der Waals surface area contributed by atoms with Crippen LogP contribution in [0.4, 0.5) is 0 Å². The number of hydrogen-bond acceptors (Lipinski definition) is 3. The Morgan fingerprint density at radius 2 is 1.95 bits per heavy atom. The van der Waals surface area contributed by atoms with Crippen molar-refractivity contribution in [2.75, 3.05) is 33.3 Å². The van der Waals surface area contributed by atoms with Crippen molar-refractivity contribution in [3.8, 4) is 0 Å². The van der Waals surface area contributed by atoms with Crippen molar-refractivity contribution in [1.82, 2.24) is 9.80 Å². The van der Waals surface area contributed by atoms with Crippen molar-refractivity contribution in [2.45, 2.75) is 32.4 Å². The normalized spacial score (nSPS) is 18.1. The van der Waals surface area contributed by atoms with Crippen LogP contribution in [0.2, 0.25) is 0 Å². The topological polar surface area (TPSA) is 26.7 Å². The molecule has 1 N–H and O–H groups in total. The Kier molecular flexibility index (Phi) is 5.37. The van der Waals surface area contributed by atoms with Gasteiger partial charge in [0.05, 0.1) is 6.61 Å². The second kappa shape index (κ2) is 7.04. The third kappa shape index (κ3) is 4.03. The van der Waals surface area contributed by atoms with Gasteiger partial charge in [0.1, 0.15) is 0 Å². The molecule has 106 valence electrons. The van der Waals surface area contributed by atoms with Gasteiger partial charge in [0, 0.05) is 19.1 Å². The minimum absolute atomic E-state index is 0.248. The quantitative estimate of drug-likeness (QED) is 0.878. The van der Waals surface area contributed by atoms with Gasteiger partial charge in [0.2, 0.25) is 0 Å². The lowest BCUT2D eigenvalue weighted by atomic mass is 10.0. The number of aryl methyl sites for hydroxylation is 1. The Hall–Kier alpha value is -0.900. The zero-order valence-corrected chi connectivity index (χ0v) is 12.2. The van der Waals surface area contributed by atoms with Crippen LogP contribution in [0.1, 0.15) is 24.0 Å². The first-order valence-corrected chi connectivity index (χ1v) is 7.28. The zero-order chi connectivity index (χ0) is 13.7. The number of likely N-dealkylation sites (tertiary alicyclic amines) is 1. The lowest BCUT2D eigenvalue weighted by Crippen LogP contribution is -2.44. The van der Waals surface area contributed by atoms with Gasteiger partial charge in [-0.1, -0.05) is 24.3 Å². The summed E-state index contributed by atoms with van der Waals surface area (Å²) < 4.78 is 0. The highest BCUT2D eigenvalue weighted by Gasteiger charge is 2.23. The number of aliphatic hydroxyl groups excluding tert-OH is 1. The first kappa shape index (κ1) is 14.5. The van der Waals surface area contributed by atoms with Crippen LogP contribution in [-0.2, 0) is 6.54 Å². The van der Waals surface area contributed by atoms with Crippen LogP contribution in [0, 0.1) is 6.92 Å². The Morgan fingerprint density at radius 3 is 2.58 bits per heavy atom. The van der Waals surface area contributed by atoms with E-state index in [1.807, 2.05) is 0 Å². The van der Waals surface area contributed by atoms with Crippen molar-refractivity contribution in [1.29, 1.82) is 0 Å². The Balaban J connectivity index is 2.02. The molecule has 0 atom stereocenters. The third-order valence-corrected chi connectivity index (χ3v) is 4.23. The van der Waals surface area contributed by atoms with Crippen molar-refractivity contribution in [3.05, 3.63) is 35.4 Å². The van der Waals surface area contributed by atoms with E-state index in [1.54, 1.807) is 0 Å². The predicted octanol–water partition coefficient (Wildman–Crippen LogP) is 1.88. The molecule has 0 amide bonds. The summed E-state index contributed by atoms with van der Waals surface area (Å²) in [5.41, 5.74) is 2.73. The van der Waals surface area contributed by atoms with Gasteiger partial charge in [-0.15, -0.1) is 0 Å². The van der Waals surface area contributed by atoms with Gasteiger partial charge in [-0.05, 0) is 51.0 Å². The van der Waals surface area contributed by atoms with Gasteiger partial charge in [-0.3, -0.25) is 4.90 Å². The van der Waals surface area contributed by atoms with Gasteiger partial charge >= 0.3 is 0 Å². The Morgan fingerprint density at radius 1 is 1.26 bits per heavy atom. The average molecular weight is 262 g/mol. The van der Waals surface area contributed by atoms with E-state index in [0.29, 0.717) is 6.04 Å². The smallest absolute Gasteiger partial charge is 0.0558 e. The second-order valence-corrected chi connectivity index (χ2v) is 5.66. The zero-order valence-electron chi connectivity index (χ0n) is 12.2. The molecule has 2 rings (SSSR count). The third-order valence-electron chi connectivity index (χ3n) is 4.23. The lowest BCUT2D eigenvalue weighted by molar-refractivity contribution is 0.0940. The van der Waals surface area contributed by atoms with Crippen molar-refractivity contribution < 1.29 is 5.11 Å². The number of hydrogen-bond donors (Lipinski definition) is 1. The predicted molar refractivity (Wildman–Crippen MR) is 79.2 cm³/mol. The van der Waals surface area contributed by atoms with E-state index in [2.05, 4.69) is 48.0 Å². The van der Waals surface area contributed by atoms with E-state index < -0.39 is 0 Å². The molecule has 0 radical (unpaired) electrons. The number of aliphatic hydroxyl groups is 1. The highest BCUT2D eigenvalue weighted by Crippen LogP contribution is 2.19. The molecule has 3 heteroatoms. The molecule has 0 saturated carbocycles. The van der Waals surface area contributed by atoms with Gasteiger partial charge in [0.25, 0.3) is 0 Å². The summed E-state index contributed by atoms with van der Waals surface area (Å²) in [7, 11) is 2.19. The molecule has 0 aromatic heterocycles. The van der Waals surface area contributed by atoms with E-state index in [9.17, 15) is 5.11 Å². The van der Waals surface area contributed by atoms with Crippen molar-refractivity contribution in [3.63, 3.8) is 0 Å². The minimum Gasteiger partial charge on any atom is -0.395 e. The second-order valence-electron chi connectivity index (χ2n) is 5.66. The van der Waals surface area contributed by atoms with Crippen LogP contribution in [0.5, 0.6) is 0 Å². The molecule has 0 unspecified atom stereocenters. The van der Waals surface area contributed by atoms with Crippen LogP contribution in [0.25, 0.3) is 0 Å². The summed E-state index contributed by atoms with van der Waals surface area (Å²) in [4.78, 5) is 4.84. The van der Waals surface area contributed by atoms with Gasteiger partial charge in [0.15, 0.2) is 0 Å².